The zero-order valence-electron chi connectivity index (χ0n) is 11.4. The van der Waals surface area contributed by atoms with Gasteiger partial charge in [0.25, 0.3) is 0 Å². The van der Waals surface area contributed by atoms with Gasteiger partial charge in [-0.3, -0.25) is 4.79 Å². The van der Waals surface area contributed by atoms with Gasteiger partial charge in [-0.1, -0.05) is 30.3 Å². The second-order valence-electron chi connectivity index (χ2n) is 4.94. The summed E-state index contributed by atoms with van der Waals surface area (Å²) < 4.78 is 0. The largest absolute Gasteiger partial charge is 0.387 e. The molecule has 0 aliphatic carbocycles. The Morgan fingerprint density at radius 3 is 2.68 bits per heavy atom. The van der Waals surface area contributed by atoms with Crippen LogP contribution >= 0.6 is 11.8 Å². The molecule has 19 heavy (non-hydrogen) atoms. The third-order valence-electron chi connectivity index (χ3n) is 2.73. The Labute approximate surface area is 118 Å². The minimum absolute atomic E-state index is 0.217. The first-order chi connectivity index (χ1) is 8.94. The molecule has 1 amide bonds. The summed E-state index contributed by atoms with van der Waals surface area (Å²) in [6.07, 6.45) is 2.41. The number of amides is 1. The number of benzene rings is 1. The summed E-state index contributed by atoms with van der Waals surface area (Å²) in [4.78, 5) is 11.8. The average molecular weight is 282 g/mol. The van der Waals surface area contributed by atoms with Gasteiger partial charge in [-0.15, -0.1) is 0 Å². The number of carbonyl (C=O) groups excluding carboxylic acids is 1. The van der Waals surface area contributed by atoms with Crippen LogP contribution in [0.5, 0.6) is 0 Å². The predicted molar refractivity (Wildman–Crippen MR) is 80.1 cm³/mol. The van der Waals surface area contributed by atoms with Gasteiger partial charge in [0.15, 0.2) is 0 Å². The van der Waals surface area contributed by atoms with Gasteiger partial charge in [-0.25, -0.2) is 0 Å². The topological polar surface area (TPSA) is 75.3 Å². The van der Waals surface area contributed by atoms with Gasteiger partial charge < -0.3 is 16.2 Å². The fourth-order valence-electron chi connectivity index (χ4n) is 1.73. The molecular formula is C14H22N2O2S. The van der Waals surface area contributed by atoms with E-state index in [0.717, 1.165) is 5.56 Å². The summed E-state index contributed by atoms with van der Waals surface area (Å²) in [6.45, 7) is 1.92. The maximum Gasteiger partial charge on any atom is 0.237 e. The van der Waals surface area contributed by atoms with Crippen LogP contribution in [0.3, 0.4) is 0 Å². The molecule has 0 aromatic heterocycles. The van der Waals surface area contributed by atoms with Gasteiger partial charge in [-0.05, 0) is 25.2 Å². The van der Waals surface area contributed by atoms with Crippen molar-refractivity contribution in [2.45, 2.75) is 25.0 Å². The molecule has 0 saturated carbocycles. The average Bonchev–Trinajstić information content (AvgIpc) is 2.37. The monoisotopic (exact) mass is 282 g/mol. The van der Waals surface area contributed by atoms with Crippen LogP contribution in [0.2, 0.25) is 0 Å². The number of thioether (sulfide) groups is 1. The quantitative estimate of drug-likeness (QED) is 0.691. The molecule has 4 nitrogen and oxygen atoms in total. The molecule has 0 saturated heterocycles. The van der Waals surface area contributed by atoms with Crippen molar-refractivity contribution in [2.75, 3.05) is 18.6 Å². The van der Waals surface area contributed by atoms with E-state index >= 15 is 0 Å². The second-order valence-corrected chi connectivity index (χ2v) is 5.81. The van der Waals surface area contributed by atoms with E-state index in [1.165, 1.54) is 11.8 Å². The van der Waals surface area contributed by atoms with Crippen molar-refractivity contribution in [2.24, 2.45) is 5.73 Å². The van der Waals surface area contributed by atoms with E-state index in [1.807, 2.05) is 36.6 Å². The molecule has 0 aliphatic heterocycles. The van der Waals surface area contributed by atoms with Crippen molar-refractivity contribution >= 4 is 17.7 Å². The molecule has 1 unspecified atom stereocenters. The summed E-state index contributed by atoms with van der Waals surface area (Å²) in [5.74, 6) is 0.339. The zero-order valence-corrected chi connectivity index (χ0v) is 12.2. The summed E-state index contributed by atoms with van der Waals surface area (Å²) in [7, 11) is 0. The first-order valence-corrected chi connectivity index (χ1v) is 7.62. The minimum atomic E-state index is -0.901. The normalized spacial score (nSPS) is 15.6. The highest BCUT2D eigenvalue weighted by atomic mass is 32.2. The molecule has 0 radical (unpaired) electrons. The molecule has 1 rings (SSSR count). The van der Waals surface area contributed by atoms with Crippen LogP contribution in [0.25, 0.3) is 0 Å². The molecule has 0 bridgehead atoms. The van der Waals surface area contributed by atoms with E-state index in [1.54, 1.807) is 6.92 Å². The number of nitrogens with one attached hydrogen (secondary N) is 1. The Morgan fingerprint density at radius 2 is 2.11 bits per heavy atom. The highest BCUT2D eigenvalue weighted by molar-refractivity contribution is 7.98. The van der Waals surface area contributed by atoms with Crippen molar-refractivity contribution < 1.29 is 9.90 Å². The number of hydrogen-bond donors (Lipinski definition) is 3. The standard InChI is InChI=1S/C14H22N2O2S/c1-14(18,10-19-2)9-16-13(17)12(15)8-11-6-4-3-5-7-11/h3-7,12,18H,8-10,15H2,1-2H3,(H,16,17)/t12-,14?/m1/s1. The minimum Gasteiger partial charge on any atom is -0.387 e. The van der Waals surface area contributed by atoms with E-state index < -0.39 is 11.6 Å². The third-order valence-corrected chi connectivity index (χ3v) is 3.64. The van der Waals surface area contributed by atoms with Crippen LogP contribution in [-0.4, -0.2) is 41.2 Å². The van der Waals surface area contributed by atoms with Gasteiger partial charge in [0.1, 0.15) is 0 Å². The van der Waals surface area contributed by atoms with E-state index in [4.69, 9.17) is 5.73 Å². The molecule has 1 aromatic rings. The summed E-state index contributed by atoms with van der Waals surface area (Å²) >= 11 is 1.54. The SMILES string of the molecule is CSCC(C)(O)CNC(=O)[C@H](N)Cc1ccccc1. The molecule has 0 heterocycles. The van der Waals surface area contributed by atoms with Crippen molar-refractivity contribution in [3.8, 4) is 0 Å². The van der Waals surface area contributed by atoms with E-state index in [-0.39, 0.29) is 12.5 Å². The summed E-state index contributed by atoms with van der Waals surface area (Å²) in [5, 5.41) is 12.7. The lowest BCUT2D eigenvalue weighted by Gasteiger charge is -2.23. The van der Waals surface area contributed by atoms with Crippen LogP contribution in [0.15, 0.2) is 30.3 Å². The molecular weight excluding hydrogens is 260 g/mol. The van der Waals surface area contributed by atoms with Gasteiger partial charge in [0.2, 0.25) is 5.91 Å². The molecule has 0 aliphatic rings. The van der Waals surface area contributed by atoms with Crippen molar-refractivity contribution in [3.05, 3.63) is 35.9 Å². The van der Waals surface area contributed by atoms with Crippen molar-refractivity contribution in [1.29, 1.82) is 0 Å². The molecule has 1 aromatic carbocycles. The van der Waals surface area contributed by atoms with Gasteiger partial charge in [0, 0.05) is 12.3 Å². The molecule has 106 valence electrons. The summed E-state index contributed by atoms with van der Waals surface area (Å²) in [5.41, 5.74) is 5.98. The Morgan fingerprint density at radius 1 is 1.47 bits per heavy atom. The molecule has 0 spiro atoms. The molecule has 5 heteroatoms. The maximum absolute atomic E-state index is 11.8. The van der Waals surface area contributed by atoms with Crippen LogP contribution in [0, 0.1) is 0 Å². The number of nitrogens with two attached hydrogens (primary N) is 1. The predicted octanol–water partition coefficient (Wildman–Crippen LogP) is 0.787. The number of rotatable bonds is 7. The van der Waals surface area contributed by atoms with E-state index in [2.05, 4.69) is 5.32 Å². The number of hydrogen-bond acceptors (Lipinski definition) is 4. The van der Waals surface area contributed by atoms with Crippen molar-refractivity contribution in [1.82, 2.24) is 5.32 Å². The third kappa shape index (κ3) is 6.09. The highest BCUT2D eigenvalue weighted by Gasteiger charge is 2.22. The van der Waals surface area contributed by atoms with Gasteiger partial charge in [0.05, 0.1) is 11.6 Å². The first-order valence-electron chi connectivity index (χ1n) is 6.23. The maximum atomic E-state index is 11.8. The molecule has 0 fully saturated rings. The number of carbonyl (C=O) groups is 1. The lowest BCUT2D eigenvalue weighted by atomic mass is 10.1. The van der Waals surface area contributed by atoms with Gasteiger partial charge >= 0.3 is 0 Å². The first kappa shape index (κ1) is 16.0. The molecule has 2 atom stereocenters. The number of aliphatic hydroxyl groups is 1. The second kappa shape index (κ2) is 7.53. The fraction of sp³-hybridized carbons (Fsp3) is 0.500. The Hall–Kier alpha value is -1.04. The highest BCUT2D eigenvalue weighted by Crippen LogP contribution is 2.09. The Bertz CT molecular complexity index is 396. The Kier molecular flexibility index (Phi) is 6.34. The summed E-state index contributed by atoms with van der Waals surface area (Å²) in [6, 6.07) is 9.06. The van der Waals surface area contributed by atoms with E-state index in [0.29, 0.717) is 12.2 Å². The van der Waals surface area contributed by atoms with Crippen LogP contribution < -0.4 is 11.1 Å². The van der Waals surface area contributed by atoms with Crippen LogP contribution in [0.1, 0.15) is 12.5 Å². The van der Waals surface area contributed by atoms with E-state index in [9.17, 15) is 9.90 Å². The lowest BCUT2D eigenvalue weighted by molar-refractivity contribution is -0.123. The van der Waals surface area contributed by atoms with Crippen LogP contribution in [-0.2, 0) is 11.2 Å². The lowest BCUT2D eigenvalue weighted by Crippen LogP contribution is -2.48. The smallest absolute Gasteiger partial charge is 0.237 e. The van der Waals surface area contributed by atoms with Gasteiger partial charge in [-0.2, -0.15) is 11.8 Å². The fourth-order valence-corrected chi connectivity index (χ4v) is 2.46. The Balaban J connectivity index is 2.41. The molecule has 4 N–H and O–H groups in total. The van der Waals surface area contributed by atoms with Crippen LogP contribution in [0.4, 0.5) is 0 Å². The zero-order chi connectivity index (χ0) is 14.3. The van der Waals surface area contributed by atoms with Crippen molar-refractivity contribution in [3.63, 3.8) is 0 Å².